The van der Waals surface area contributed by atoms with Crippen molar-refractivity contribution in [3.8, 4) is 0 Å². The number of pyridine rings is 1. The highest BCUT2D eigenvalue weighted by molar-refractivity contribution is 5.19. The number of aryl methyl sites for hydroxylation is 1. The number of aromatic nitrogens is 1. The fourth-order valence-electron chi connectivity index (χ4n) is 4.71. The smallest absolute Gasteiger partial charge is 0.0570 e. The molecule has 0 aromatic carbocycles. The zero-order valence-electron chi connectivity index (χ0n) is 12.7. The van der Waals surface area contributed by atoms with Crippen molar-refractivity contribution < 1.29 is 0 Å². The van der Waals surface area contributed by atoms with Crippen molar-refractivity contribution >= 4 is 0 Å². The molecule has 3 rings (SSSR count). The van der Waals surface area contributed by atoms with Gasteiger partial charge in [-0.05, 0) is 54.6 Å². The van der Waals surface area contributed by atoms with Gasteiger partial charge in [0.15, 0.2) is 0 Å². The lowest BCUT2D eigenvalue weighted by atomic mass is 9.68. The topological polar surface area (TPSA) is 24.9 Å². The molecule has 1 N–H and O–H groups in total. The van der Waals surface area contributed by atoms with Gasteiger partial charge in [-0.15, -0.1) is 0 Å². The van der Waals surface area contributed by atoms with Crippen LogP contribution in [0.2, 0.25) is 0 Å². The maximum atomic E-state index is 4.51. The van der Waals surface area contributed by atoms with Crippen molar-refractivity contribution in [3.05, 3.63) is 29.6 Å². The van der Waals surface area contributed by atoms with E-state index in [0.29, 0.717) is 16.9 Å². The highest BCUT2D eigenvalue weighted by atomic mass is 15.0. The van der Waals surface area contributed by atoms with Gasteiger partial charge >= 0.3 is 0 Å². The molecule has 3 atom stereocenters. The molecular formula is C17H26N2. The summed E-state index contributed by atoms with van der Waals surface area (Å²) in [4.78, 5) is 4.51. The van der Waals surface area contributed by atoms with Crippen molar-refractivity contribution in [3.63, 3.8) is 0 Å². The van der Waals surface area contributed by atoms with Crippen LogP contribution in [0.5, 0.6) is 0 Å². The minimum absolute atomic E-state index is 0.426. The molecule has 0 aliphatic heterocycles. The molecular weight excluding hydrogens is 232 g/mol. The number of hydrogen-bond donors (Lipinski definition) is 1. The van der Waals surface area contributed by atoms with E-state index in [1.165, 1.54) is 30.5 Å². The number of rotatable bonds is 3. The Labute approximate surface area is 117 Å². The summed E-state index contributed by atoms with van der Waals surface area (Å²) in [5.74, 6) is 0.903. The zero-order chi connectivity index (χ0) is 13.7. The Balaban J connectivity index is 1.75. The summed E-state index contributed by atoms with van der Waals surface area (Å²) in [6.07, 6.45) is 6.11. The Bertz CT molecular complexity index is 475. The molecule has 0 spiro atoms. The maximum absolute atomic E-state index is 4.51. The molecule has 19 heavy (non-hydrogen) atoms. The fraction of sp³-hybridized carbons (Fsp3) is 0.706. The van der Waals surface area contributed by atoms with E-state index in [1.54, 1.807) is 0 Å². The second-order valence-electron chi connectivity index (χ2n) is 7.50. The van der Waals surface area contributed by atoms with E-state index in [9.17, 15) is 0 Å². The number of nitrogens with one attached hydrogen (secondary N) is 1. The molecule has 1 aromatic rings. The molecule has 1 aromatic heterocycles. The van der Waals surface area contributed by atoms with Crippen LogP contribution in [0.15, 0.2) is 18.3 Å². The van der Waals surface area contributed by atoms with E-state index in [4.69, 9.17) is 0 Å². The molecule has 1 heterocycles. The minimum Gasteiger partial charge on any atom is -0.307 e. The zero-order valence-corrected chi connectivity index (χ0v) is 12.7. The van der Waals surface area contributed by atoms with Crippen LogP contribution in [0.3, 0.4) is 0 Å². The SMILES string of the molecule is Cc1cccnc1CNC1C2(C)CCC(C2)C1(C)C. The Hall–Kier alpha value is -0.890. The van der Waals surface area contributed by atoms with Gasteiger partial charge in [0, 0.05) is 18.8 Å². The quantitative estimate of drug-likeness (QED) is 0.894. The normalized spacial score (nSPS) is 35.8. The first kappa shape index (κ1) is 13.1. The summed E-state index contributed by atoms with van der Waals surface area (Å²) in [6.45, 7) is 10.4. The summed E-state index contributed by atoms with van der Waals surface area (Å²) in [7, 11) is 0. The summed E-state index contributed by atoms with van der Waals surface area (Å²) >= 11 is 0. The summed E-state index contributed by atoms with van der Waals surface area (Å²) in [5.41, 5.74) is 3.41. The van der Waals surface area contributed by atoms with E-state index in [0.717, 1.165) is 12.5 Å². The average molecular weight is 258 g/mol. The largest absolute Gasteiger partial charge is 0.307 e. The van der Waals surface area contributed by atoms with Crippen molar-refractivity contribution in [2.45, 2.75) is 59.5 Å². The first-order chi connectivity index (χ1) is 8.93. The van der Waals surface area contributed by atoms with Gasteiger partial charge in [-0.1, -0.05) is 26.8 Å². The standard InChI is InChI=1S/C17H26N2/c1-12-6-5-9-18-14(12)11-19-15-16(2,3)13-7-8-17(15,4)10-13/h5-6,9,13,15,19H,7-8,10-11H2,1-4H3. The summed E-state index contributed by atoms with van der Waals surface area (Å²) in [5, 5.41) is 3.84. The molecule has 2 fully saturated rings. The van der Waals surface area contributed by atoms with Gasteiger partial charge in [-0.2, -0.15) is 0 Å². The van der Waals surface area contributed by atoms with Crippen LogP contribution < -0.4 is 5.32 Å². The van der Waals surface area contributed by atoms with Crippen molar-refractivity contribution in [1.29, 1.82) is 0 Å². The minimum atomic E-state index is 0.426. The molecule has 3 unspecified atom stereocenters. The van der Waals surface area contributed by atoms with Gasteiger partial charge < -0.3 is 5.32 Å². The van der Waals surface area contributed by atoms with Crippen LogP contribution >= 0.6 is 0 Å². The Morgan fingerprint density at radius 1 is 1.37 bits per heavy atom. The predicted octanol–water partition coefficient (Wildman–Crippen LogP) is 3.69. The van der Waals surface area contributed by atoms with E-state index >= 15 is 0 Å². The monoisotopic (exact) mass is 258 g/mol. The van der Waals surface area contributed by atoms with E-state index in [1.807, 2.05) is 12.3 Å². The molecule has 2 bridgehead atoms. The van der Waals surface area contributed by atoms with E-state index in [-0.39, 0.29) is 0 Å². The van der Waals surface area contributed by atoms with Crippen molar-refractivity contribution in [2.24, 2.45) is 16.7 Å². The fourth-order valence-corrected chi connectivity index (χ4v) is 4.71. The van der Waals surface area contributed by atoms with Crippen LogP contribution in [0.1, 0.15) is 51.3 Å². The van der Waals surface area contributed by atoms with Gasteiger partial charge in [0.25, 0.3) is 0 Å². The lowest BCUT2D eigenvalue weighted by Crippen LogP contribution is -2.50. The van der Waals surface area contributed by atoms with Gasteiger partial charge in [0.1, 0.15) is 0 Å². The predicted molar refractivity (Wildman–Crippen MR) is 78.8 cm³/mol. The molecule has 2 saturated carbocycles. The molecule has 2 nitrogen and oxygen atoms in total. The molecule has 2 aliphatic carbocycles. The van der Waals surface area contributed by atoms with E-state index in [2.05, 4.69) is 44.1 Å². The number of hydrogen-bond acceptors (Lipinski definition) is 2. The van der Waals surface area contributed by atoms with Crippen LogP contribution in [-0.2, 0) is 6.54 Å². The number of fused-ring (bicyclic) bond motifs is 2. The van der Waals surface area contributed by atoms with E-state index < -0.39 is 0 Å². The van der Waals surface area contributed by atoms with Crippen LogP contribution in [0.25, 0.3) is 0 Å². The average Bonchev–Trinajstić information content (AvgIpc) is 2.82. The second-order valence-corrected chi connectivity index (χ2v) is 7.50. The lowest BCUT2D eigenvalue weighted by Gasteiger charge is -2.43. The van der Waals surface area contributed by atoms with Crippen LogP contribution in [0.4, 0.5) is 0 Å². The summed E-state index contributed by atoms with van der Waals surface area (Å²) < 4.78 is 0. The molecule has 0 amide bonds. The van der Waals surface area contributed by atoms with Crippen LogP contribution in [0, 0.1) is 23.7 Å². The lowest BCUT2D eigenvalue weighted by molar-refractivity contribution is 0.107. The molecule has 0 saturated heterocycles. The maximum Gasteiger partial charge on any atom is 0.0570 e. The third-order valence-corrected chi connectivity index (χ3v) is 5.86. The molecule has 0 radical (unpaired) electrons. The van der Waals surface area contributed by atoms with Gasteiger partial charge in [0.2, 0.25) is 0 Å². The van der Waals surface area contributed by atoms with Crippen LogP contribution in [-0.4, -0.2) is 11.0 Å². The Morgan fingerprint density at radius 3 is 2.79 bits per heavy atom. The Kier molecular flexibility index (Phi) is 2.97. The molecule has 2 heteroatoms. The third kappa shape index (κ3) is 2.01. The van der Waals surface area contributed by atoms with Gasteiger partial charge in [-0.3, -0.25) is 4.98 Å². The third-order valence-electron chi connectivity index (χ3n) is 5.86. The number of nitrogens with zero attached hydrogens (tertiary/aromatic N) is 1. The highest BCUT2D eigenvalue weighted by Gasteiger charge is 2.58. The first-order valence-electron chi connectivity index (χ1n) is 7.57. The molecule has 2 aliphatic rings. The highest BCUT2D eigenvalue weighted by Crippen LogP contribution is 2.62. The molecule has 104 valence electrons. The first-order valence-corrected chi connectivity index (χ1v) is 7.57. The Morgan fingerprint density at radius 2 is 2.16 bits per heavy atom. The van der Waals surface area contributed by atoms with Gasteiger partial charge in [0.05, 0.1) is 5.69 Å². The second kappa shape index (κ2) is 4.31. The summed E-state index contributed by atoms with van der Waals surface area (Å²) in [6, 6.07) is 4.79. The van der Waals surface area contributed by atoms with Gasteiger partial charge in [-0.25, -0.2) is 0 Å². The van der Waals surface area contributed by atoms with Crippen molar-refractivity contribution in [2.75, 3.05) is 0 Å². The van der Waals surface area contributed by atoms with Crippen molar-refractivity contribution in [1.82, 2.24) is 10.3 Å².